The predicted octanol–water partition coefficient (Wildman–Crippen LogP) is 2.53. The zero-order valence-corrected chi connectivity index (χ0v) is 19.9. The number of aromatic nitrogens is 2. The van der Waals surface area contributed by atoms with Crippen LogP contribution in [0.25, 0.3) is 22.3 Å². The number of carbonyl (C=O) groups is 1. The number of nitrogens with one attached hydrogen (secondary N) is 2. The molecule has 0 aliphatic carbocycles. The average Bonchev–Trinajstić information content (AvgIpc) is 2.80. The van der Waals surface area contributed by atoms with Gasteiger partial charge in [-0.05, 0) is 57.2 Å². The Balaban J connectivity index is 1.86. The van der Waals surface area contributed by atoms with E-state index in [1.807, 2.05) is 32.0 Å². The summed E-state index contributed by atoms with van der Waals surface area (Å²) in [6, 6.07) is 10.2. The smallest absolute Gasteiger partial charge is 0.262 e. The minimum atomic E-state index is -0.520. The van der Waals surface area contributed by atoms with Crippen LogP contribution in [0, 0.1) is 5.82 Å². The van der Waals surface area contributed by atoms with Gasteiger partial charge in [0.25, 0.3) is 5.56 Å². The first-order valence-corrected chi connectivity index (χ1v) is 11.4. The maximum atomic E-state index is 14.0. The highest BCUT2D eigenvalue weighted by Crippen LogP contribution is 2.27. The van der Waals surface area contributed by atoms with Crippen LogP contribution in [-0.4, -0.2) is 54.3 Å². The number of halogens is 1. The lowest BCUT2D eigenvalue weighted by Gasteiger charge is -2.33. The molecule has 1 saturated heterocycles. The summed E-state index contributed by atoms with van der Waals surface area (Å²) < 4.78 is 20.5. The lowest BCUT2D eigenvalue weighted by Crippen LogP contribution is -2.49. The minimum Gasteiger partial charge on any atom is -0.494 e. The van der Waals surface area contributed by atoms with E-state index in [1.54, 1.807) is 0 Å². The van der Waals surface area contributed by atoms with Crippen LogP contribution < -0.4 is 25.8 Å². The van der Waals surface area contributed by atoms with Gasteiger partial charge in [-0.25, -0.2) is 9.37 Å². The van der Waals surface area contributed by atoms with E-state index in [0.717, 1.165) is 25.3 Å². The molecule has 8 nitrogen and oxygen atoms in total. The van der Waals surface area contributed by atoms with Crippen molar-refractivity contribution in [2.75, 3.05) is 31.6 Å². The molecule has 34 heavy (non-hydrogen) atoms. The molecule has 2 aromatic carbocycles. The molecule has 1 atom stereocenters. The molecule has 0 radical (unpaired) electrons. The number of carbonyl (C=O) groups excluding carboxylic acids is 1. The third kappa shape index (κ3) is 4.89. The summed E-state index contributed by atoms with van der Waals surface area (Å²) in [4.78, 5) is 33.2. The maximum absolute atomic E-state index is 14.0. The van der Waals surface area contributed by atoms with Gasteiger partial charge in [0.15, 0.2) is 11.6 Å². The van der Waals surface area contributed by atoms with Gasteiger partial charge in [0.2, 0.25) is 5.91 Å². The topological polar surface area (TPSA) is 88.5 Å². The van der Waals surface area contributed by atoms with E-state index in [-0.39, 0.29) is 35.6 Å². The fourth-order valence-electron chi connectivity index (χ4n) is 4.25. The summed E-state index contributed by atoms with van der Waals surface area (Å²) in [5, 5.41) is 6.66. The molecule has 0 unspecified atom stereocenters. The highest BCUT2D eigenvalue weighted by Gasteiger charge is 2.20. The molecule has 3 aromatic rings. The van der Waals surface area contributed by atoms with Crippen molar-refractivity contribution in [3.63, 3.8) is 0 Å². The second-order valence-electron chi connectivity index (χ2n) is 8.90. The molecule has 2 heterocycles. The van der Waals surface area contributed by atoms with Crippen molar-refractivity contribution in [1.29, 1.82) is 0 Å². The van der Waals surface area contributed by atoms with Crippen LogP contribution in [0.2, 0.25) is 0 Å². The van der Waals surface area contributed by atoms with Crippen molar-refractivity contribution in [1.82, 2.24) is 20.2 Å². The normalized spacial score (nSPS) is 16.2. The molecule has 1 aromatic heterocycles. The summed E-state index contributed by atoms with van der Waals surface area (Å²) in [6.07, 6.45) is 0. The number of fused-ring (bicyclic) bond motifs is 1. The lowest BCUT2D eigenvalue weighted by atomic mass is 10.1. The Bertz CT molecular complexity index is 1270. The first kappa shape index (κ1) is 23.7. The van der Waals surface area contributed by atoms with Gasteiger partial charge in [-0.1, -0.05) is 0 Å². The van der Waals surface area contributed by atoms with Crippen LogP contribution in [-0.2, 0) is 11.3 Å². The maximum Gasteiger partial charge on any atom is 0.262 e. The number of ether oxygens (including phenoxy) is 1. The quantitative estimate of drug-likeness (QED) is 0.579. The van der Waals surface area contributed by atoms with Gasteiger partial charge < -0.3 is 20.3 Å². The van der Waals surface area contributed by atoms with E-state index in [4.69, 9.17) is 9.72 Å². The Kier molecular flexibility index (Phi) is 6.83. The average molecular weight is 468 g/mol. The van der Waals surface area contributed by atoms with E-state index in [0.29, 0.717) is 22.5 Å². The second kappa shape index (κ2) is 9.80. The SMILES string of the molecule is COc1cc(-c2nc3ccc(N4CCN[C@H](C)C4)cc3c(=O)n2CC(=O)NC(C)C)ccc1F. The summed E-state index contributed by atoms with van der Waals surface area (Å²) in [5.41, 5.74) is 1.60. The number of piperazine rings is 1. The number of amides is 1. The summed E-state index contributed by atoms with van der Waals surface area (Å²) in [7, 11) is 1.37. The Morgan fingerprint density at radius 1 is 1.29 bits per heavy atom. The van der Waals surface area contributed by atoms with Crippen molar-refractivity contribution < 1.29 is 13.9 Å². The molecule has 9 heteroatoms. The lowest BCUT2D eigenvalue weighted by molar-refractivity contribution is -0.122. The summed E-state index contributed by atoms with van der Waals surface area (Å²) in [5.74, 6) is -0.513. The van der Waals surface area contributed by atoms with E-state index in [9.17, 15) is 14.0 Å². The van der Waals surface area contributed by atoms with E-state index in [1.165, 1.54) is 29.9 Å². The number of nitrogens with zero attached hydrogens (tertiary/aromatic N) is 3. The fourth-order valence-corrected chi connectivity index (χ4v) is 4.25. The number of anilines is 1. The molecule has 4 rings (SSSR count). The molecule has 1 aliphatic rings. The van der Waals surface area contributed by atoms with Gasteiger partial charge in [-0.3, -0.25) is 14.2 Å². The van der Waals surface area contributed by atoms with Crippen molar-refractivity contribution in [2.45, 2.75) is 39.4 Å². The van der Waals surface area contributed by atoms with Gasteiger partial charge in [-0.2, -0.15) is 0 Å². The zero-order chi connectivity index (χ0) is 24.4. The van der Waals surface area contributed by atoms with Crippen molar-refractivity contribution in [3.8, 4) is 17.1 Å². The predicted molar refractivity (Wildman–Crippen MR) is 131 cm³/mol. The Morgan fingerprint density at radius 3 is 2.79 bits per heavy atom. The zero-order valence-electron chi connectivity index (χ0n) is 19.9. The van der Waals surface area contributed by atoms with Crippen molar-refractivity contribution in [2.24, 2.45) is 0 Å². The first-order valence-electron chi connectivity index (χ1n) is 11.4. The molecule has 0 bridgehead atoms. The summed E-state index contributed by atoms with van der Waals surface area (Å²) >= 11 is 0. The van der Waals surface area contributed by atoms with Crippen LogP contribution in [0.5, 0.6) is 5.75 Å². The molecule has 2 N–H and O–H groups in total. The molecule has 0 saturated carbocycles. The van der Waals surface area contributed by atoms with Crippen LogP contribution in [0.3, 0.4) is 0 Å². The van der Waals surface area contributed by atoms with Gasteiger partial charge in [-0.15, -0.1) is 0 Å². The van der Waals surface area contributed by atoms with Gasteiger partial charge in [0, 0.05) is 43.0 Å². The highest BCUT2D eigenvalue weighted by molar-refractivity contribution is 5.85. The third-order valence-electron chi connectivity index (χ3n) is 5.83. The standard InChI is InChI=1S/C25H30FN5O3/c1-15(2)28-23(32)14-31-24(17-5-7-20(26)22(11-17)34-4)29-21-8-6-18(12-19(21)25(31)33)30-10-9-27-16(3)13-30/h5-8,11-12,15-16,27H,9-10,13-14H2,1-4H3,(H,28,32)/t16-/m1/s1. The number of benzene rings is 2. The number of hydrogen-bond donors (Lipinski definition) is 2. The number of methoxy groups -OCH3 is 1. The van der Waals surface area contributed by atoms with Crippen LogP contribution >= 0.6 is 0 Å². The second-order valence-corrected chi connectivity index (χ2v) is 8.90. The van der Waals surface area contributed by atoms with E-state index >= 15 is 0 Å². The monoisotopic (exact) mass is 467 g/mol. The largest absolute Gasteiger partial charge is 0.494 e. The molecule has 1 amide bonds. The number of hydrogen-bond acceptors (Lipinski definition) is 6. The van der Waals surface area contributed by atoms with Crippen molar-refractivity contribution in [3.05, 3.63) is 52.6 Å². The Morgan fingerprint density at radius 2 is 2.09 bits per heavy atom. The first-order chi connectivity index (χ1) is 16.3. The van der Waals surface area contributed by atoms with Crippen LogP contribution in [0.4, 0.5) is 10.1 Å². The van der Waals surface area contributed by atoms with Crippen LogP contribution in [0.15, 0.2) is 41.2 Å². The van der Waals surface area contributed by atoms with Gasteiger partial charge >= 0.3 is 0 Å². The molecular weight excluding hydrogens is 437 g/mol. The molecule has 1 aliphatic heterocycles. The molecule has 1 fully saturated rings. The Hall–Kier alpha value is -3.46. The summed E-state index contributed by atoms with van der Waals surface area (Å²) in [6.45, 7) is 8.15. The molecule has 0 spiro atoms. The van der Waals surface area contributed by atoms with Crippen molar-refractivity contribution >= 4 is 22.5 Å². The van der Waals surface area contributed by atoms with Gasteiger partial charge in [0.05, 0.1) is 18.0 Å². The fraction of sp³-hybridized carbons (Fsp3) is 0.400. The van der Waals surface area contributed by atoms with Gasteiger partial charge in [0.1, 0.15) is 12.4 Å². The van der Waals surface area contributed by atoms with E-state index < -0.39 is 5.82 Å². The van der Waals surface area contributed by atoms with E-state index in [2.05, 4.69) is 22.5 Å². The molecular formula is C25H30FN5O3. The molecule has 180 valence electrons. The highest BCUT2D eigenvalue weighted by atomic mass is 19.1. The third-order valence-corrected chi connectivity index (χ3v) is 5.83. The van der Waals surface area contributed by atoms with Crippen LogP contribution in [0.1, 0.15) is 20.8 Å². The Labute approximate surface area is 197 Å². The number of rotatable bonds is 6. The minimum absolute atomic E-state index is 0.0354.